The summed E-state index contributed by atoms with van der Waals surface area (Å²) in [6.07, 6.45) is 3.64. The predicted octanol–water partition coefficient (Wildman–Crippen LogP) is 4.55. The number of aromatic nitrogens is 2. The van der Waals surface area contributed by atoms with Crippen LogP contribution in [0, 0.1) is 13.8 Å². The smallest absolute Gasteiger partial charge is 0.262 e. The highest BCUT2D eigenvalue weighted by Crippen LogP contribution is 2.25. The van der Waals surface area contributed by atoms with E-state index in [0.717, 1.165) is 35.6 Å². The molecule has 1 fully saturated rings. The van der Waals surface area contributed by atoms with Crippen molar-refractivity contribution < 1.29 is 8.42 Å². The Bertz CT molecular complexity index is 1140. The standard InChI is InChI=1S/C23H26N4O2S/c1-17-9-11-22(18(2)15-17)30(28,29)26-20-8-6-7-19(16-20)21-10-12-23(25-24-21)27-13-4-3-5-14-27/h6-12,15-16,26H,3-5,13-14H2,1-2H3. The number of benzene rings is 2. The van der Waals surface area contributed by atoms with Gasteiger partial charge in [-0.05, 0) is 69.0 Å². The number of hydrogen-bond donors (Lipinski definition) is 1. The lowest BCUT2D eigenvalue weighted by Gasteiger charge is -2.27. The van der Waals surface area contributed by atoms with Crippen LogP contribution in [0.4, 0.5) is 11.5 Å². The van der Waals surface area contributed by atoms with Crippen molar-refractivity contribution in [3.8, 4) is 11.3 Å². The van der Waals surface area contributed by atoms with Crippen LogP contribution in [0.25, 0.3) is 11.3 Å². The molecule has 4 rings (SSSR count). The SMILES string of the molecule is Cc1ccc(S(=O)(=O)Nc2cccc(-c3ccc(N4CCCCC4)nn3)c2)c(C)c1. The van der Waals surface area contributed by atoms with Gasteiger partial charge < -0.3 is 4.90 Å². The largest absolute Gasteiger partial charge is 0.355 e. The summed E-state index contributed by atoms with van der Waals surface area (Å²) in [5.74, 6) is 0.894. The molecule has 30 heavy (non-hydrogen) atoms. The summed E-state index contributed by atoms with van der Waals surface area (Å²) in [6, 6.07) is 16.5. The van der Waals surface area contributed by atoms with Crippen LogP contribution < -0.4 is 9.62 Å². The number of nitrogens with zero attached hydrogens (tertiary/aromatic N) is 3. The van der Waals surface area contributed by atoms with Gasteiger partial charge in [0, 0.05) is 24.3 Å². The van der Waals surface area contributed by atoms with Crippen LogP contribution in [0.3, 0.4) is 0 Å². The topological polar surface area (TPSA) is 75.2 Å². The van der Waals surface area contributed by atoms with Crippen LogP contribution >= 0.6 is 0 Å². The van der Waals surface area contributed by atoms with Gasteiger partial charge in [0.1, 0.15) is 0 Å². The summed E-state index contributed by atoms with van der Waals surface area (Å²) in [5, 5.41) is 8.76. The van der Waals surface area contributed by atoms with Crippen molar-refractivity contribution in [2.75, 3.05) is 22.7 Å². The second kappa shape index (κ2) is 8.44. The van der Waals surface area contributed by atoms with Crippen LogP contribution in [0.15, 0.2) is 59.5 Å². The predicted molar refractivity (Wildman–Crippen MR) is 120 cm³/mol. The van der Waals surface area contributed by atoms with Gasteiger partial charge in [0.15, 0.2) is 5.82 Å². The van der Waals surface area contributed by atoms with E-state index in [9.17, 15) is 8.42 Å². The molecule has 1 saturated heterocycles. The first-order chi connectivity index (χ1) is 14.4. The Morgan fingerprint density at radius 2 is 1.70 bits per heavy atom. The minimum atomic E-state index is -3.67. The monoisotopic (exact) mass is 422 g/mol. The minimum Gasteiger partial charge on any atom is -0.355 e. The molecule has 6 nitrogen and oxygen atoms in total. The van der Waals surface area contributed by atoms with Gasteiger partial charge >= 0.3 is 0 Å². The first kappa shape index (κ1) is 20.3. The molecule has 0 bridgehead atoms. The third kappa shape index (κ3) is 4.46. The van der Waals surface area contributed by atoms with Gasteiger partial charge in [-0.25, -0.2) is 8.42 Å². The molecule has 2 heterocycles. The average molecular weight is 423 g/mol. The lowest BCUT2D eigenvalue weighted by atomic mass is 10.1. The number of sulfonamides is 1. The summed E-state index contributed by atoms with van der Waals surface area (Å²) >= 11 is 0. The Morgan fingerprint density at radius 3 is 2.40 bits per heavy atom. The van der Waals surface area contributed by atoms with Crippen molar-refractivity contribution >= 4 is 21.5 Å². The van der Waals surface area contributed by atoms with Gasteiger partial charge in [0.25, 0.3) is 10.0 Å². The number of piperidine rings is 1. The lowest BCUT2D eigenvalue weighted by Crippen LogP contribution is -2.30. The van der Waals surface area contributed by atoms with Gasteiger partial charge in [-0.1, -0.05) is 29.8 Å². The molecule has 0 unspecified atom stereocenters. The lowest BCUT2D eigenvalue weighted by molar-refractivity contribution is 0.571. The molecule has 2 aromatic carbocycles. The zero-order chi connectivity index (χ0) is 21.1. The Labute approximate surface area is 178 Å². The van der Waals surface area contributed by atoms with Gasteiger partial charge in [0.2, 0.25) is 0 Å². The van der Waals surface area contributed by atoms with E-state index in [1.165, 1.54) is 19.3 Å². The zero-order valence-electron chi connectivity index (χ0n) is 17.3. The van der Waals surface area contributed by atoms with E-state index >= 15 is 0 Å². The first-order valence-electron chi connectivity index (χ1n) is 10.2. The molecule has 156 valence electrons. The van der Waals surface area contributed by atoms with Crippen LogP contribution in [0.5, 0.6) is 0 Å². The Kier molecular flexibility index (Phi) is 5.72. The van der Waals surface area contributed by atoms with E-state index in [1.54, 1.807) is 31.2 Å². The molecule has 1 aliphatic rings. The third-order valence-electron chi connectivity index (χ3n) is 5.36. The van der Waals surface area contributed by atoms with E-state index < -0.39 is 10.0 Å². The number of aryl methyl sites for hydroxylation is 2. The van der Waals surface area contributed by atoms with Crippen molar-refractivity contribution in [1.82, 2.24) is 10.2 Å². The highest BCUT2D eigenvalue weighted by Gasteiger charge is 2.17. The molecule has 7 heteroatoms. The van der Waals surface area contributed by atoms with Gasteiger partial charge in [0.05, 0.1) is 10.6 Å². The summed E-state index contributed by atoms with van der Waals surface area (Å²) in [5.41, 5.74) is 3.77. The van der Waals surface area contributed by atoms with Crippen LogP contribution in [0.2, 0.25) is 0 Å². The highest BCUT2D eigenvalue weighted by molar-refractivity contribution is 7.92. The fourth-order valence-corrected chi connectivity index (χ4v) is 5.10. The maximum absolute atomic E-state index is 12.9. The molecular formula is C23H26N4O2S. The Balaban J connectivity index is 1.55. The molecule has 1 N–H and O–H groups in total. The van der Waals surface area contributed by atoms with E-state index in [0.29, 0.717) is 11.4 Å². The molecule has 0 saturated carbocycles. The second-order valence-electron chi connectivity index (χ2n) is 7.78. The molecule has 0 radical (unpaired) electrons. The second-order valence-corrected chi connectivity index (χ2v) is 9.43. The van der Waals surface area contributed by atoms with Gasteiger partial charge in [-0.2, -0.15) is 0 Å². The maximum Gasteiger partial charge on any atom is 0.262 e. The maximum atomic E-state index is 12.9. The summed E-state index contributed by atoms with van der Waals surface area (Å²) in [4.78, 5) is 2.54. The fourth-order valence-electron chi connectivity index (χ4n) is 3.82. The number of nitrogens with one attached hydrogen (secondary N) is 1. The van der Waals surface area contributed by atoms with Crippen LogP contribution in [0.1, 0.15) is 30.4 Å². The summed E-state index contributed by atoms with van der Waals surface area (Å²) in [6.45, 7) is 5.78. The van der Waals surface area contributed by atoms with Gasteiger partial charge in [-0.15, -0.1) is 10.2 Å². The first-order valence-corrected chi connectivity index (χ1v) is 11.7. The van der Waals surface area contributed by atoms with Crippen molar-refractivity contribution in [2.45, 2.75) is 38.0 Å². The minimum absolute atomic E-state index is 0.282. The molecule has 0 atom stereocenters. The zero-order valence-corrected chi connectivity index (χ0v) is 18.1. The summed E-state index contributed by atoms with van der Waals surface area (Å²) < 4.78 is 28.4. The molecular weight excluding hydrogens is 396 g/mol. The average Bonchev–Trinajstić information content (AvgIpc) is 2.74. The van der Waals surface area contributed by atoms with E-state index in [-0.39, 0.29) is 4.90 Å². The van der Waals surface area contributed by atoms with Crippen LogP contribution in [-0.2, 0) is 10.0 Å². The molecule has 0 spiro atoms. The fraction of sp³-hybridized carbons (Fsp3) is 0.304. The molecule has 1 aromatic heterocycles. The molecule has 1 aliphatic heterocycles. The molecule has 0 amide bonds. The number of anilines is 2. The van der Waals surface area contributed by atoms with Crippen LogP contribution in [-0.4, -0.2) is 31.7 Å². The quantitative estimate of drug-likeness (QED) is 0.653. The summed E-state index contributed by atoms with van der Waals surface area (Å²) in [7, 11) is -3.67. The van der Waals surface area contributed by atoms with Crippen molar-refractivity contribution in [3.05, 3.63) is 65.7 Å². The number of rotatable bonds is 5. The third-order valence-corrected chi connectivity index (χ3v) is 6.90. The van der Waals surface area contributed by atoms with Crippen molar-refractivity contribution in [1.29, 1.82) is 0 Å². The van der Waals surface area contributed by atoms with E-state index in [2.05, 4.69) is 19.8 Å². The Morgan fingerprint density at radius 1 is 0.900 bits per heavy atom. The van der Waals surface area contributed by atoms with Gasteiger partial charge in [-0.3, -0.25) is 4.72 Å². The van der Waals surface area contributed by atoms with E-state index in [1.807, 2.05) is 37.3 Å². The Hall–Kier alpha value is -2.93. The van der Waals surface area contributed by atoms with E-state index in [4.69, 9.17) is 0 Å². The van der Waals surface area contributed by atoms with Crippen molar-refractivity contribution in [2.24, 2.45) is 0 Å². The molecule has 3 aromatic rings. The van der Waals surface area contributed by atoms with Crippen molar-refractivity contribution in [3.63, 3.8) is 0 Å². The molecule has 0 aliphatic carbocycles. The number of hydrogen-bond acceptors (Lipinski definition) is 5. The highest BCUT2D eigenvalue weighted by atomic mass is 32.2. The normalized spacial score (nSPS) is 14.5.